The maximum Gasteiger partial charge on any atom is 0.242 e. The van der Waals surface area contributed by atoms with Crippen LogP contribution < -0.4 is 25.4 Å². The summed E-state index contributed by atoms with van der Waals surface area (Å²) in [6.45, 7) is 6.72. The smallest absolute Gasteiger partial charge is 0.242 e. The summed E-state index contributed by atoms with van der Waals surface area (Å²) in [6, 6.07) is 13.5. The van der Waals surface area contributed by atoms with Crippen LogP contribution in [0.1, 0.15) is 44.2 Å². The van der Waals surface area contributed by atoms with Gasteiger partial charge in [-0.05, 0) is 59.6 Å². The molecule has 2 aliphatic rings. The quantitative estimate of drug-likeness (QED) is 0.209. The molecular weight excluding hydrogens is 624 g/mol. The van der Waals surface area contributed by atoms with E-state index < -0.39 is 35.1 Å². The lowest BCUT2D eigenvalue weighted by atomic mass is 9.62. The zero-order valence-corrected chi connectivity index (χ0v) is 27.6. The van der Waals surface area contributed by atoms with Crippen molar-refractivity contribution in [2.45, 2.75) is 50.6 Å². The van der Waals surface area contributed by atoms with Gasteiger partial charge in [-0.15, -0.1) is 0 Å². The molecule has 7 nitrogen and oxygen atoms in total. The van der Waals surface area contributed by atoms with Gasteiger partial charge in [-0.2, -0.15) is 11.8 Å². The predicted octanol–water partition coefficient (Wildman–Crippen LogP) is 7.27. The predicted molar refractivity (Wildman–Crippen MR) is 176 cm³/mol. The SMILES string of the molecule is COc1cc(OCCSC)ccc1NC(=O)[C@@H]1N[C@@H](CC(C)(C)C)C2(C(=O)Nc3cc(Cl)ccc32)[C@@H]1c1cccc(Cl)c1F. The van der Waals surface area contributed by atoms with Crippen LogP contribution in [0.4, 0.5) is 15.8 Å². The summed E-state index contributed by atoms with van der Waals surface area (Å²) in [5.74, 6) is -0.576. The maximum atomic E-state index is 16.0. The van der Waals surface area contributed by atoms with Gasteiger partial charge in [-0.1, -0.05) is 62.2 Å². The molecule has 3 N–H and O–H groups in total. The lowest BCUT2D eigenvalue weighted by Crippen LogP contribution is -2.49. The normalized spacial score (nSPS) is 22.5. The van der Waals surface area contributed by atoms with Crippen LogP contribution in [0.2, 0.25) is 10.0 Å². The number of ether oxygens (including phenoxy) is 2. The van der Waals surface area contributed by atoms with Gasteiger partial charge in [0.05, 0.1) is 30.5 Å². The second-order valence-electron chi connectivity index (χ2n) is 12.3. The first-order chi connectivity index (χ1) is 20.9. The highest BCUT2D eigenvalue weighted by atomic mass is 35.5. The van der Waals surface area contributed by atoms with E-state index in [1.165, 1.54) is 13.2 Å². The van der Waals surface area contributed by atoms with Crippen LogP contribution in [0, 0.1) is 11.2 Å². The molecule has 1 unspecified atom stereocenters. The van der Waals surface area contributed by atoms with Gasteiger partial charge in [0.25, 0.3) is 0 Å². The third kappa shape index (κ3) is 5.99. The summed E-state index contributed by atoms with van der Waals surface area (Å²) in [4.78, 5) is 28.6. The highest BCUT2D eigenvalue weighted by Gasteiger charge is 2.66. The van der Waals surface area contributed by atoms with Crippen LogP contribution in [-0.4, -0.2) is 49.6 Å². The number of fused-ring (bicyclic) bond motifs is 2. The summed E-state index contributed by atoms with van der Waals surface area (Å²) < 4.78 is 27.4. The van der Waals surface area contributed by atoms with Crippen molar-refractivity contribution in [1.82, 2.24) is 5.32 Å². The molecule has 11 heteroatoms. The minimum absolute atomic E-state index is 0.0930. The molecule has 3 aromatic carbocycles. The van der Waals surface area contributed by atoms with E-state index in [1.54, 1.807) is 60.3 Å². The fourth-order valence-corrected chi connectivity index (χ4v) is 7.07. The van der Waals surface area contributed by atoms with E-state index in [2.05, 4.69) is 36.7 Å². The summed E-state index contributed by atoms with van der Waals surface area (Å²) >= 11 is 14.3. The molecule has 2 aliphatic heterocycles. The molecule has 234 valence electrons. The van der Waals surface area contributed by atoms with Gasteiger partial charge < -0.3 is 25.4 Å². The van der Waals surface area contributed by atoms with Crippen molar-refractivity contribution in [2.24, 2.45) is 5.41 Å². The lowest BCUT2D eigenvalue weighted by molar-refractivity contribution is -0.122. The van der Waals surface area contributed by atoms with E-state index in [1.807, 2.05) is 6.26 Å². The first-order valence-corrected chi connectivity index (χ1v) is 16.5. The highest BCUT2D eigenvalue weighted by molar-refractivity contribution is 7.98. The number of hydrogen-bond donors (Lipinski definition) is 3. The minimum Gasteiger partial charge on any atom is -0.494 e. The molecule has 0 aliphatic carbocycles. The van der Waals surface area contributed by atoms with Gasteiger partial charge in [0.15, 0.2) is 0 Å². The van der Waals surface area contributed by atoms with Gasteiger partial charge in [0, 0.05) is 34.5 Å². The molecular formula is C33H36Cl2FN3O4S. The van der Waals surface area contributed by atoms with Gasteiger partial charge >= 0.3 is 0 Å². The van der Waals surface area contributed by atoms with E-state index in [4.69, 9.17) is 32.7 Å². The average Bonchev–Trinajstić information content (AvgIpc) is 3.44. The van der Waals surface area contributed by atoms with Gasteiger partial charge in [-0.3, -0.25) is 9.59 Å². The molecule has 1 saturated heterocycles. The van der Waals surface area contributed by atoms with Gasteiger partial charge in [0.1, 0.15) is 22.7 Å². The van der Waals surface area contributed by atoms with Crippen LogP contribution in [0.3, 0.4) is 0 Å². The number of benzene rings is 3. The van der Waals surface area contributed by atoms with Crippen molar-refractivity contribution < 1.29 is 23.5 Å². The Balaban J connectivity index is 1.63. The second kappa shape index (κ2) is 12.8. The van der Waals surface area contributed by atoms with Gasteiger partial charge in [0.2, 0.25) is 11.8 Å². The Morgan fingerprint density at radius 2 is 1.91 bits per heavy atom. The van der Waals surface area contributed by atoms with E-state index in [-0.39, 0.29) is 21.9 Å². The van der Waals surface area contributed by atoms with Crippen LogP contribution in [-0.2, 0) is 15.0 Å². The van der Waals surface area contributed by atoms with Crippen molar-refractivity contribution in [3.63, 3.8) is 0 Å². The van der Waals surface area contributed by atoms with E-state index in [9.17, 15) is 9.59 Å². The summed E-state index contributed by atoms with van der Waals surface area (Å²) in [5.41, 5.74) is 0.174. The minimum atomic E-state index is -1.35. The summed E-state index contributed by atoms with van der Waals surface area (Å²) in [7, 11) is 1.51. The fraction of sp³-hybridized carbons (Fsp3) is 0.394. The first-order valence-electron chi connectivity index (χ1n) is 14.3. The third-order valence-corrected chi connectivity index (χ3v) is 9.31. The number of carbonyl (C=O) groups is 2. The number of rotatable bonds is 9. The zero-order valence-electron chi connectivity index (χ0n) is 25.2. The molecule has 5 rings (SSSR count). The molecule has 2 amide bonds. The molecule has 4 atom stereocenters. The molecule has 0 aromatic heterocycles. The Morgan fingerprint density at radius 1 is 1.14 bits per heavy atom. The van der Waals surface area contributed by atoms with Crippen LogP contribution in [0.5, 0.6) is 11.5 Å². The van der Waals surface area contributed by atoms with E-state index in [0.717, 1.165) is 5.75 Å². The fourth-order valence-electron chi connectivity index (χ4n) is 6.47. The molecule has 1 fully saturated rings. The Bertz CT molecular complexity index is 1580. The standard InChI is InChI=1S/C33H36Cl2FN3O4S/c1-32(2,3)17-26-33(21-11-9-18(34)15-24(21)38-31(33)41)27(20-7-6-8-22(35)28(20)36)29(39-26)30(40)37-23-12-10-19(16-25(23)42-4)43-13-14-44-5/h6-12,15-16,26-27,29,39H,13-14,17H2,1-5H3,(H,37,40)(H,38,41)/t26-,27+,29+,33?/m0/s1. The number of carbonyl (C=O) groups excluding carboxylic acids is 2. The number of amides is 2. The topological polar surface area (TPSA) is 88.7 Å². The lowest BCUT2D eigenvalue weighted by Gasteiger charge is -2.37. The second-order valence-corrected chi connectivity index (χ2v) is 14.1. The van der Waals surface area contributed by atoms with Crippen molar-refractivity contribution in [2.75, 3.05) is 36.4 Å². The number of thioether (sulfide) groups is 1. The number of methoxy groups -OCH3 is 1. The molecule has 44 heavy (non-hydrogen) atoms. The summed E-state index contributed by atoms with van der Waals surface area (Å²) in [6.07, 6.45) is 2.51. The van der Waals surface area contributed by atoms with Crippen LogP contribution in [0.15, 0.2) is 54.6 Å². The van der Waals surface area contributed by atoms with Gasteiger partial charge in [-0.25, -0.2) is 4.39 Å². The number of hydrogen-bond acceptors (Lipinski definition) is 6. The Hall–Kier alpha value is -2.98. The third-order valence-electron chi connectivity index (χ3n) is 8.21. The number of halogens is 3. The largest absolute Gasteiger partial charge is 0.494 e. The van der Waals surface area contributed by atoms with Crippen LogP contribution in [0.25, 0.3) is 0 Å². The molecule has 0 saturated carbocycles. The monoisotopic (exact) mass is 659 g/mol. The number of anilines is 2. The Kier molecular flexibility index (Phi) is 9.42. The van der Waals surface area contributed by atoms with E-state index in [0.29, 0.717) is 46.5 Å². The molecule has 0 bridgehead atoms. The maximum absolute atomic E-state index is 16.0. The van der Waals surface area contributed by atoms with Crippen molar-refractivity contribution in [3.05, 3.63) is 81.6 Å². The van der Waals surface area contributed by atoms with Crippen molar-refractivity contribution in [3.8, 4) is 11.5 Å². The zero-order chi connectivity index (χ0) is 31.8. The first kappa shape index (κ1) is 32.4. The van der Waals surface area contributed by atoms with Crippen molar-refractivity contribution in [1.29, 1.82) is 0 Å². The van der Waals surface area contributed by atoms with E-state index >= 15 is 4.39 Å². The molecule has 3 aromatic rings. The van der Waals surface area contributed by atoms with Crippen LogP contribution >= 0.6 is 35.0 Å². The van der Waals surface area contributed by atoms with Crippen molar-refractivity contribution >= 4 is 58.2 Å². The molecule has 0 radical (unpaired) electrons. The average molecular weight is 661 g/mol. The Labute approximate surface area is 271 Å². The molecule has 2 heterocycles. The number of nitrogens with one attached hydrogen (secondary N) is 3. The summed E-state index contributed by atoms with van der Waals surface area (Å²) in [5, 5.41) is 9.80. The highest BCUT2D eigenvalue weighted by Crippen LogP contribution is 2.57. The molecule has 1 spiro atoms. The Morgan fingerprint density at radius 3 is 2.61 bits per heavy atom.